The molecule has 1 saturated heterocycles. The van der Waals surface area contributed by atoms with E-state index >= 15 is 0 Å². The minimum absolute atomic E-state index is 0.136. The lowest BCUT2D eigenvalue weighted by Gasteiger charge is -2.31. The van der Waals surface area contributed by atoms with Crippen LogP contribution in [0.15, 0.2) is 23.0 Å². The van der Waals surface area contributed by atoms with Crippen LogP contribution >= 0.6 is 0 Å². The minimum atomic E-state index is -0.300. The van der Waals surface area contributed by atoms with E-state index in [1.54, 1.807) is 10.6 Å². The number of imidazole rings is 1. The van der Waals surface area contributed by atoms with Crippen LogP contribution in [0.25, 0.3) is 11.0 Å². The van der Waals surface area contributed by atoms with Gasteiger partial charge in [0, 0.05) is 6.54 Å². The Labute approximate surface area is 117 Å². The van der Waals surface area contributed by atoms with E-state index in [2.05, 4.69) is 16.8 Å². The number of halogens is 1. The molecule has 0 spiro atoms. The van der Waals surface area contributed by atoms with E-state index in [1.165, 1.54) is 12.1 Å². The van der Waals surface area contributed by atoms with Crippen LogP contribution in [0, 0.1) is 11.7 Å². The van der Waals surface area contributed by atoms with E-state index < -0.39 is 0 Å². The van der Waals surface area contributed by atoms with Crippen molar-refractivity contribution in [3.8, 4) is 0 Å². The third-order valence-corrected chi connectivity index (χ3v) is 4.33. The summed E-state index contributed by atoms with van der Waals surface area (Å²) >= 11 is 0. The molecule has 0 amide bonds. The fourth-order valence-electron chi connectivity index (χ4n) is 3.05. The average Bonchev–Trinajstić information content (AvgIpc) is 2.76. The summed E-state index contributed by atoms with van der Waals surface area (Å²) in [6.45, 7) is 6.12. The van der Waals surface area contributed by atoms with Crippen LogP contribution in [0.1, 0.15) is 19.8 Å². The number of benzene rings is 1. The van der Waals surface area contributed by atoms with Crippen LogP contribution in [0.5, 0.6) is 0 Å². The van der Waals surface area contributed by atoms with Gasteiger partial charge in [-0.3, -0.25) is 4.57 Å². The lowest BCUT2D eigenvalue weighted by molar-refractivity contribution is 0.181. The van der Waals surface area contributed by atoms with Gasteiger partial charge in [0.1, 0.15) is 5.82 Å². The van der Waals surface area contributed by atoms with Gasteiger partial charge in [0.25, 0.3) is 0 Å². The predicted molar refractivity (Wildman–Crippen MR) is 77.4 cm³/mol. The number of aromatic nitrogens is 2. The van der Waals surface area contributed by atoms with Crippen molar-refractivity contribution in [2.45, 2.75) is 26.3 Å². The molecule has 1 aromatic carbocycles. The zero-order valence-electron chi connectivity index (χ0n) is 11.7. The van der Waals surface area contributed by atoms with E-state index in [0.717, 1.165) is 32.5 Å². The topological polar surface area (TPSA) is 41.0 Å². The van der Waals surface area contributed by atoms with Crippen LogP contribution in [-0.4, -0.2) is 34.1 Å². The molecule has 0 radical (unpaired) electrons. The molecule has 0 saturated carbocycles. The van der Waals surface area contributed by atoms with Crippen LogP contribution in [0.4, 0.5) is 4.39 Å². The number of likely N-dealkylation sites (tertiary alicyclic amines) is 1. The molecule has 0 aliphatic carbocycles. The number of fused-ring (bicyclic) bond motifs is 1. The smallest absolute Gasteiger partial charge is 0.306 e. The molecule has 1 aliphatic rings. The number of hydrogen-bond acceptors (Lipinski definition) is 2. The summed E-state index contributed by atoms with van der Waals surface area (Å²) in [6, 6.07) is 4.44. The molecule has 5 heteroatoms. The second-order valence-electron chi connectivity index (χ2n) is 5.58. The molecule has 108 valence electrons. The first kappa shape index (κ1) is 13.4. The highest BCUT2D eigenvalue weighted by Crippen LogP contribution is 2.20. The van der Waals surface area contributed by atoms with Gasteiger partial charge in [0.05, 0.1) is 11.0 Å². The Balaban J connectivity index is 1.82. The molecular weight excluding hydrogens is 257 g/mol. The van der Waals surface area contributed by atoms with Crippen molar-refractivity contribution in [2.24, 2.45) is 5.92 Å². The highest BCUT2D eigenvalue weighted by Gasteiger charge is 2.20. The molecule has 0 bridgehead atoms. The maximum atomic E-state index is 13.4. The third-order valence-electron chi connectivity index (χ3n) is 4.33. The highest BCUT2D eigenvalue weighted by atomic mass is 19.1. The van der Waals surface area contributed by atoms with Crippen LogP contribution in [0.3, 0.4) is 0 Å². The molecule has 1 N–H and O–H groups in total. The van der Waals surface area contributed by atoms with E-state index in [4.69, 9.17) is 0 Å². The monoisotopic (exact) mass is 277 g/mol. The number of nitrogens with one attached hydrogen (secondary N) is 1. The molecule has 2 heterocycles. The van der Waals surface area contributed by atoms with E-state index in [-0.39, 0.29) is 11.5 Å². The third kappa shape index (κ3) is 2.50. The number of hydrogen-bond donors (Lipinski definition) is 1. The van der Waals surface area contributed by atoms with E-state index in [1.807, 2.05) is 0 Å². The summed E-state index contributed by atoms with van der Waals surface area (Å²) in [4.78, 5) is 17.2. The molecule has 1 fully saturated rings. The van der Waals surface area contributed by atoms with Gasteiger partial charge in [-0.1, -0.05) is 6.92 Å². The Bertz CT molecular complexity index is 653. The summed E-state index contributed by atoms with van der Waals surface area (Å²) in [5, 5.41) is 0. The predicted octanol–water partition coefficient (Wildman–Crippen LogP) is 2.20. The number of nitrogens with zero attached hydrogens (tertiary/aromatic N) is 2. The van der Waals surface area contributed by atoms with Gasteiger partial charge in [0.15, 0.2) is 0 Å². The van der Waals surface area contributed by atoms with Crippen molar-refractivity contribution in [3.63, 3.8) is 0 Å². The van der Waals surface area contributed by atoms with Crippen molar-refractivity contribution in [1.29, 1.82) is 0 Å². The largest absolute Gasteiger partial charge is 0.326 e. The van der Waals surface area contributed by atoms with Crippen molar-refractivity contribution in [1.82, 2.24) is 14.5 Å². The average molecular weight is 277 g/mol. The first-order valence-corrected chi connectivity index (χ1v) is 7.28. The maximum absolute atomic E-state index is 13.4. The van der Waals surface area contributed by atoms with E-state index in [9.17, 15) is 9.18 Å². The Morgan fingerprint density at radius 2 is 2.10 bits per heavy atom. The Morgan fingerprint density at radius 3 is 2.80 bits per heavy atom. The Hall–Kier alpha value is -1.62. The first-order valence-electron chi connectivity index (χ1n) is 7.28. The van der Waals surface area contributed by atoms with Gasteiger partial charge < -0.3 is 9.88 Å². The van der Waals surface area contributed by atoms with Gasteiger partial charge in [-0.25, -0.2) is 9.18 Å². The lowest BCUT2D eigenvalue weighted by Crippen LogP contribution is -2.35. The number of aromatic amines is 1. The quantitative estimate of drug-likeness (QED) is 0.934. The first-order chi connectivity index (χ1) is 9.67. The number of piperidine rings is 1. The van der Waals surface area contributed by atoms with Crippen LogP contribution < -0.4 is 5.69 Å². The normalized spacial score (nSPS) is 17.9. The summed E-state index contributed by atoms with van der Waals surface area (Å²) in [5.41, 5.74) is 1.25. The zero-order valence-corrected chi connectivity index (χ0v) is 11.7. The lowest BCUT2D eigenvalue weighted by atomic mass is 9.97. The second-order valence-corrected chi connectivity index (χ2v) is 5.58. The van der Waals surface area contributed by atoms with Crippen LogP contribution in [-0.2, 0) is 6.54 Å². The molecular formula is C15H20FN3O. The molecule has 2 aromatic rings. The molecule has 1 aromatic heterocycles. The SMILES string of the molecule is CCN1CCC(Cn2c(=O)[nH]c3ccc(F)cc32)CC1. The fourth-order valence-corrected chi connectivity index (χ4v) is 3.05. The summed E-state index contributed by atoms with van der Waals surface area (Å²) < 4.78 is 15.1. The second kappa shape index (κ2) is 5.40. The summed E-state index contributed by atoms with van der Waals surface area (Å²) in [5.74, 6) is 0.198. The van der Waals surface area contributed by atoms with Gasteiger partial charge >= 0.3 is 5.69 Å². The zero-order chi connectivity index (χ0) is 14.1. The molecule has 20 heavy (non-hydrogen) atoms. The van der Waals surface area contributed by atoms with Crippen molar-refractivity contribution >= 4 is 11.0 Å². The van der Waals surface area contributed by atoms with Crippen molar-refractivity contribution in [3.05, 3.63) is 34.5 Å². The molecule has 3 rings (SSSR count). The van der Waals surface area contributed by atoms with Crippen molar-refractivity contribution in [2.75, 3.05) is 19.6 Å². The molecule has 1 aliphatic heterocycles. The molecule has 0 atom stereocenters. The number of H-pyrrole nitrogens is 1. The minimum Gasteiger partial charge on any atom is -0.306 e. The standard InChI is InChI=1S/C15H20FN3O/c1-2-18-7-5-11(6-8-18)10-19-14-9-12(16)3-4-13(14)17-15(19)20/h3-4,9,11H,2,5-8,10H2,1H3,(H,17,20). The van der Waals surface area contributed by atoms with Gasteiger partial charge in [-0.05, 0) is 56.6 Å². The Kier molecular flexibility index (Phi) is 3.61. The fraction of sp³-hybridized carbons (Fsp3) is 0.533. The van der Waals surface area contributed by atoms with Gasteiger partial charge in [-0.2, -0.15) is 0 Å². The highest BCUT2D eigenvalue weighted by molar-refractivity contribution is 5.75. The summed E-state index contributed by atoms with van der Waals surface area (Å²) in [6.07, 6.45) is 2.20. The van der Waals surface area contributed by atoms with E-state index in [0.29, 0.717) is 23.5 Å². The number of rotatable bonds is 3. The molecule has 4 nitrogen and oxygen atoms in total. The van der Waals surface area contributed by atoms with Gasteiger partial charge in [0.2, 0.25) is 0 Å². The van der Waals surface area contributed by atoms with Crippen LogP contribution in [0.2, 0.25) is 0 Å². The summed E-state index contributed by atoms with van der Waals surface area (Å²) in [7, 11) is 0. The van der Waals surface area contributed by atoms with Crippen molar-refractivity contribution < 1.29 is 4.39 Å². The maximum Gasteiger partial charge on any atom is 0.326 e. The Morgan fingerprint density at radius 1 is 1.35 bits per heavy atom. The van der Waals surface area contributed by atoms with Gasteiger partial charge in [-0.15, -0.1) is 0 Å². The molecule has 0 unspecified atom stereocenters.